The summed E-state index contributed by atoms with van der Waals surface area (Å²) >= 11 is 5.61. The monoisotopic (exact) mass is 276 g/mol. The fourth-order valence-electron chi connectivity index (χ4n) is 1.15. The molecule has 0 amide bonds. The van der Waals surface area contributed by atoms with E-state index in [-0.39, 0.29) is 17.0 Å². The molecule has 0 atom stereocenters. The summed E-state index contributed by atoms with van der Waals surface area (Å²) in [6.07, 6.45) is -4.79. The fourth-order valence-corrected chi connectivity index (χ4v) is 1.32. The van der Waals surface area contributed by atoms with Gasteiger partial charge < -0.3 is 4.74 Å². The number of hydrogen-bond donors (Lipinski definition) is 0. The Kier molecular flexibility index (Phi) is 4.62. The van der Waals surface area contributed by atoms with Crippen molar-refractivity contribution < 1.29 is 22.7 Å². The summed E-state index contributed by atoms with van der Waals surface area (Å²) in [5, 5.41) is 0.144. The van der Waals surface area contributed by atoms with E-state index < -0.39 is 17.7 Å². The van der Waals surface area contributed by atoms with Crippen LogP contribution in [-0.4, -0.2) is 13.1 Å². The number of rotatable bonds is 1. The van der Waals surface area contributed by atoms with Crippen molar-refractivity contribution in [2.24, 2.45) is 0 Å². The number of benzene rings is 1. The maximum absolute atomic E-state index is 12.6. The van der Waals surface area contributed by atoms with Crippen LogP contribution < -0.4 is 0 Å². The first-order valence-corrected chi connectivity index (χ1v) is 5.15. The van der Waals surface area contributed by atoms with E-state index in [9.17, 15) is 18.0 Å². The maximum atomic E-state index is 12.6. The molecule has 0 aliphatic heterocycles. The Morgan fingerprint density at radius 2 is 2.11 bits per heavy atom. The van der Waals surface area contributed by atoms with E-state index in [0.717, 1.165) is 18.2 Å². The molecule has 6 heteroatoms. The normalized spacial score (nSPS) is 10.5. The second kappa shape index (κ2) is 5.78. The predicted octanol–water partition coefficient (Wildman–Crippen LogP) is 3.27. The molecule has 0 N–H and O–H groups in total. The topological polar surface area (TPSA) is 26.3 Å². The first-order chi connectivity index (χ1) is 8.34. The van der Waals surface area contributed by atoms with Gasteiger partial charge in [0.15, 0.2) is 0 Å². The zero-order valence-electron chi connectivity index (χ0n) is 9.27. The number of esters is 1. The van der Waals surface area contributed by atoms with Crippen molar-refractivity contribution >= 4 is 17.6 Å². The summed E-state index contributed by atoms with van der Waals surface area (Å²) in [5.41, 5.74) is -1.15. The lowest BCUT2D eigenvalue weighted by atomic mass is 10.1. The molecule has 0 heterocycles. The quantitative estimate of drug-likeness (QED) is 0.581. The van der Waals surface area contributed by atoms with Crippen LogP contribution >= 0.6 is 11.6 Å². The SMILES string of the molecule is COC(=O)CC#Cc1cc(Cl)ccc1C(F)(F)F. The molecule has 0 saturated carbocycles. The zero-order chi connectivity index (χ0) is 13.8. The van der Waals surface area contributed by atoms with Gasteiger partial charge >= 0.3 is 12.1 Å². The first kappa shape index (κ1) is 14.4. The van der Waals surface area contributed by atoms with Gasteiger partial charge in [-0.25, -0.2) is 0 Å². The van der Waals surface area contributed by atoms with Gasteiger partial charge in [-0.1, -0.05) is 23.4 Å². The van der Waals surface area contributed by atoms with E-state index >= 15 is 0 Å². The van der Waals surface area contributed by atoms with Crippen molar-refractivity contribution in [3.63, 3.8) is 0 Å². The highest BCUT2D eigenvalue weighted by molar-refractivity contribution is 6.30. The third kappa shape index (κ3) is 3.97. The van der Waals surface area contributed by atoms with Crippen molar-refractivity contribution in [2.45, 2.75) is 12.6 Å². The molecule has 0 fully saturated rings. The van der Waals surface area contributed by atoms with Gasteiger partial charge in [0.05, 0.1) is 12.7 Å². The van der Waals surface area contributed by atoms with Crippen molar-refractivity contribution in [2.75, 3.05) is 7.11 Å². The lowest BCUT2D eigenvalue weighted by molar-refractivity contribution is -0.139. The molecular formula is C12H8ClF3O2. The molecule has 0 bridgehead atoms. The summed E-state index contributed by atoms with van der Waals surface area (Å²) in [4.78, 5) is 10.8. The minimum absolute atomic E-state index is 0.144. The van der Waals surface area contributed by atoms with Gasteiger partial charge in [-0.15, -0.1) is 0 Å². The van der Waals surface area contributed by atoms with Gasteiger partial charge in [-0.05, 0) is 18.2 Å². The Labute approximate surface area is 107 Å². The van der Waals surface area contributed by atoms with Gasteiger partial charge in [-0.3, -0.25) is 4.79 Å². The van der Waals surface area contributed by atoms with Crippen LogP contribution in [0, 0.1) is 11.8 Å². The third-order valence-electron chi connectivity index (χ3n) is 1.97. The predicted molar refractivity (Wildman–Crippen MR) is 60.0 cm³/mol. The van der Waals surface area contributed by atoms with Gasteiger partial charge in [0.25, 0.3) is 0 Å². The lowest BCUT2D eigenvalue weighted by Gasteiger charge is -2.08. The summed E-state index contributed by atoms with van der Waals surface area (Å²) in [7, 11) is 1.17. The number of alkyl halides is 3. The molecule has 1 rings (SSSR count). The Morgan fingerprint density at radius 3 is 2.67 bits per heavy atom. The van der Waals surface area contributed by atoms with Gasteiger partial charge in [0.1, 0.15) is 6.42 Å². The van der Waals surface area contributed by atoms with Crippen LogP contribution in [0.2, 0.25) is 5.02 Å². The molecule has 96 valence electrons. The van der Waals surface area contributed by atoms with Crippen molar-refractivity contribution in [3.8, 4) is 11.8 Å². The highest BCUT2D eigenvalue weighted by Crippen LogP contribution is 2.32. The van der Waals surface area contributed by atoms with Crippen molar-refractivity contribution in [1.82, 2.24) is 0 Å². The first-order valence-electron chi connectivity index (χ1n) is 4.77. The van der Waals surface area contributed by atoms with Crippen LogP contribution in [0.4, 0.5) is 13.2 Å². The molecule has 18 heavy (non-hydrogen) atoms. The third-order valence-corrected chi connectivity index (χ3v) is 2.21. The number of halogens is 4. The Hall–Kier alpha value is -1.67. The largest absolute Gasteiger partial charge is 0.468 e. The standard InChI is InChI=1S/C12H8ClF3O2/c1-18-11(17)4-2-3-8-7-9(13)5-6-10(8)12(14,15)16/h5-7H,4H2,1H3. The van der Waals surface area contributed by atoms with Gasteiger partial charge in [0.2, 0.25) is 0 Å². The second-order valence-electron chi connectivity index (χ2n) is 3.24. The van der Waals surface area contributed by atoms with E-state index in [0.29, 0.717) is 0 Å². The highest BCUT2D eigenvalue weighted by atomic mass is 35.5. The van der Waals surface area contributed by atoms with Gasteiger partial charge in [0, 0.05) is 10.6 Å². The molecule has 1 aromatic rings. The fraction of sp³-hybridized carbons (Fsp3) is 0.250. The summed E-state index contributed by atoms with van der Waals surface area (Å²) in [6.45, 7) is 0. The zero-order valence-corrected chi connectivity index (χ0v) is 10.0. The minimum Gasteiger partial charge on any atom is -0.468 e. The van der Waals surface area contributed by atoms with Crippen LogP contribution in [0.25, 0.3) is 0 Å². The number of carbonyl (C=O) groups is 1. The number of carbonyl (C=O) groups excluding carboxylic acids is 1. The van der Waals surface area contributed by atoms with Crippen LogP contribution in [0.15, 0.2) is 18.2 Å². The molecule has 1 aromatic carbocycles. The van der Waals surface area contributed by atoms with Gasteiger partial charge in [-0.2, -0.15) is 13.2 Å². The molecule has 0 radical (unpaired) electrons. The summed E-state index contributed by atoms with van der Waals surface area (Å²) in [6, 6.07) is 3.09. The van der Waals surface area contributed by atoms with E-state index in [2.05, 4.69) is 16.6 Å². The van der Waals surface area contributed by atoms with E-state index in [4.69, 9.17) is 11.6 Å². The van der Waals surface area contributed by atoms with Crippen LogP contribution in [0.1, 0.15) is 17.5 Å². The number of hydrogen-bond acceptors (Lipinski definition) is 2. The van der Waals surface area contributed by atoms with Crippen LogP contribution in [0.5, 0.6) is 0 Å². The molecule has 2 nitrogen and oxygen atoms in total. The average Bonchev–Trinajstić information content (AvgIpc) is 2.27. The van der Waals surface area contributed by atoms with E-state index in [1.807, 2.05) is 0 Å². The van der Waals surface area contributed by atoms with E-state index in [1.165, 1.54) is 7.11 Å². The Balaban J connectivity index is 3.07. The van der Waals surface area contributed by atoms with E-state index in [1.54, 1.807) is 0 Å². The molecule has 0 aromatic heterocycles. The van der Waals surface area contributed by atoms with Crippen molar-refractivity contribution in [3.05, 3.63) is 34.3 Å². The maximum Gasteiger partial charge on any atom is 0.417 e. The minimum atomic E-state index is -4.51. The molecule has 0 aliphatic rings. The molecule has 0 spiro atoms. The molecule has 0 unspecified atom stereocenters. The lowest BCUT2D eigenvalue weighted by Crippen LogP contribution is -2.07. The summed E-state index contributed by atoms with van der Waals surface area (Å²) < 4.78 is 42.2. The smallest absolute Gasteiger partial charge is 0.417 e. The summed E-state index contributed by atoms with van der Waals surface area (Å²) in [5.74, 6) is 3.97. The molecule has 0 aliphatic carbocycles. The highest BCUT2D eigenvalue weighted by Gasteiger charge is 2.32. The van der Waals surface area contributed by atoms with Crippen LogP contribution in [0.3, 0.4) is 0 Å². The van der Waals surface area contributed by atoms with Crippen LogP contribution in [-0.2, 0) is 15.7 Å². The molecular weight excluding hydrogens is 269 g/mol. The number of ether oxygens (including phenoxy) is 1. The molecule has 0 saturated heterocycles. The number of methoxy groups -OCH3 is 1. The van der Waals surface area contributed by atoms with Crippen molar-refractivity contribution in [1.29, 1.82) is 0 Å². The second-order valence-corrected chi connectivity index (χ2v) is 3.68. The Bertz CT molecular complexity index is 512. The average molecular weight is 277 g/mol. The Morgan fingerprint density at radius 1 is 1.44 bits per heavy atom.